The quantitative estimate of drug-likeness (QED) is 0.651. The van der Waals surface area contributed by atoms with Gasteiger partial charge in [-0.1, -0.05) is 6.07 Å². The number of amides is 1. The minimum Gasteiger partial charge on any atom is -0.493 e. The average Bonchev–Trinajstić information content (AvgIpc) is 2.43. The van der Waals surface area contributed by atoms with Gasteiger partial charge in [0.25, 0.3) is 0 Å². The van der Waals surface area contributed by atoms with Gasteiger partial charge in [-0.05, 0) is 32.9 Å². The molecule has 1 atom stereocenters. The molecule has 1 amide bonds. The van der Waals surface area contributed by atoms with Crippen molar-refractivity contribution in [2.75, 3.05) is 6.61 Å². The molecule has 1 aliphatic rings. The van der Waals surface area contributed by atoms with Gasteiger partial charge in [-0.2, -0.15) is 0 Å². The Bertz CT molecular complexity index is 654. The number of hydrogen-bond acceptors (Lipinski definition) is 6. The molecule has 1 aromatic carbocycles. The van der Waals surface area contributed by atoms with Crippen LogP contribution >= 0.6 is 10.8 Å². The molecule has 2 rings (SSSR count). The third-order valence-corrected chi connectivity index (χ3v) is 5.02. The number of fused-ring (bicyclic) bond motifs is 1. The molecule has 0 aliphatic carbocycles. The van der Waals surface area contributed by atoms with Gasteiger partial charge in [0.15, 0.2) is 0 Å². The van der Waals surface area contributed by atoms with Gasteiger partial charge in [-0.25, -0.2) is 14.3 Å². The van der Waals surface area contributed by atoms with E-state index in [1.807, 2.05) is 0 Å². The molecule has 134 valence electrons. The number of rotatable bonds is 3. The van der Waals surface area contributed by atoms with Crippen molar-refractivity contribution in [3.05, 3.63) is 29.3 Å². The molecule has 0 fully saturated rings. The summed E-state index contributed by atoms with van der Waals surface area (Å²) in [6.45, 7) is 5.16. The fraction of sp³-hybridized carbons (Fsp3) is 0.467. The maximum atomic E-state index is 11.8. The zero-order valence-electron chi connectivity index (χ0n) is 13.6. The SMILES string of the molecule is CC(C)(C)OC(=O)NS(O)(O)[C@H]1CCOc2cc(C(=O)O)ccc21. The third kappa shape index (κ3) is 4.31. The van der Waals surface area contributed by atoms with Gasteiger partial charge in [-0.15, -0.1) is 10.8 Å². The summed E-state index contributed by atoms with van der Waals surface area (Å²) in [6.07, 6.45) is -0.671. The summed E-state index contributed by atoms with van der Waals surface area (Å²) in [4.78, 5) is 22.9. The van der Waals surface area contributed by atoms with Crippen LogP contribution in [0.1, 0.15) is 48.4 Å². The van der Waals surface area contributed by atoms with Crippen LogP contribution in [0.25, 0.3) is 0 Å². The molecule has 1 aromatic rings. The first kappa shape index (κ1) is 18.4. The Morgan fingerprint density at radius 1 is 1.33 bits per heavy atom. The largest absolute Gasteiger partial charge is 0.493 e. The summed E-state index contributed by atoms with van der Waals surface area (Å²) >= 11 is 0. The van der Waals surface area contributed by atoms with Crippen LogP contribution in [0, 0.1) is 0 Å². The number of aromatic carboxylic acids is 1. The zero-order valence-corrected chi connectivity index (χ0v) is 14.4. The molecule has 0 unspecified atom stereocenters. The van der Waals surface area contributed by atoms with E-state index < -0.39 is 33.7 Å². The molecule has 0 saturated carbocycles. The minimum absolute atomic E-state index is 0.0333. The predicted octanol–water partition coefficient (Wildman–Crippen LogP) is 3.40. The van der Waals surface area contributed by atoms with Crippen LogP contribution in [0.5, 0.6) is 5.75 Å². The van der Waals surface area contributed by atoms with E-state index in [2.05, 4.69) is 4.72 Å². The van der Waals surface area contributed by atoms with Gasteiger partial charge in [0.1, 0.15) is 16.6 Å². The highest BCUT2D eigenvalue weighted by atomic mass is 32.3. The van der Waals surface area contributed by atoms with E-state index in [0.717, 1.165) is 0 Å². The van der Waals surface area contributed by atoms with E-state index in [1.54, 1.807) is 20.8 Å². The van der Waals surface area contributed by atoms with Crippen molar-refractivity contribution in [1.82, 2.24) is 4.72 Å². The average molecular weight is 359 g/mol. The Morgan fingerprint density at radius 2 is 2.00 bits per heavy atom. The lowest BCUT2D eigenvalue weighted by atomic mass is 10.0. The highest BCUT2D eigenvalue weighted by Gasteiger charge is 2.35. The number of carboxylic acids is 1. The van der Waals surface area contributed by atoms with Gasteiger partial charge in [0, 0.05) is 12.0 Å². The molecular formula is C15H21NO7S. The Kier molecular flexibility index (Phi) is 4.97. The molecule has 8 nitrogen and oxygen atoms in total. The minimum atomic E-state index is -3.55. The van der Waals surface area contributed by atoms with Crippen LogP contribution in [0.2, 0.25) is 0 Å². The van der Waals surface area contributed by atoms with Crippen molar-refractivity contribution in [2.24, 2.45) is 0 Å². The Morgan fingerprint density at radius 3 is 2.58 bits per heavy atom. The summed E-state index contributed by atoms with van der Waals surface area (Å²) in [5, 5.41) is 8.21. The fourth-order valence-corrected chi connectivity index (χ4v) is 3.73. The lowest BCUT2D eigenvalue weighted by Crippen LogP contribution is -2.37. The number of nitrogens with one attached hydrogen (secondary N) is 1. The van der Waals surface area contributed by atoms with Crippen molar-refractivity contribution in [2.45, 2.75) is 38.0 Å². The monoisotopic (exact) mass is 359 g/mol. The molecule has 0 bridgehead atoms. The topological polar surface area (TPSA) is 125 Å². The standard InChI is InChI=1S/C15H21NO7S/c1-15(2,3)23-14(19)16-24(20,21)12-6-7-22-11-8-9(13(17)18)4-5-10(11)12/h4-5,8,12,20-21H,6-7H2,1-3H3,(H,16,19)(H,17,18)/t12-/m0/s1. The maximum absolute atomic E-state index is 11.8. The summed E-state index contributed by atoms with van der Waals surface area (Å²) < 4.78 is 33.3. The van der Waals surface area contributed by atoms with E-state index >= 15 is 0 Å². The first-order chi connectivity index (χ1) is 11.0. The normalized spacial score (nSPS) is 18.1. The molecule has 4 N–H and O–H groups in total. The smallest absolute Gasteiger partial charge is 0.426 e. The van der Waals surface area contributed by atoms with Crippen LogP contribution in [0.15, 0.2) is 18.2 Å². The maximum Gasteiger partial charge on any atom is 0.426 e. The van der Waals surface area contributed by atoms with E-state index in [0.29, 0.717) is 5.56 Å². The van der Waals surface area contributed by atoms with E-state index in [4.69, 9.17) is 14.6 Å². The second kappa shape index (κ2) is 6.50. The summed E-state index contributed by atoms with van der Waals surface area (Å²) in [5.41, 5.74) is -0.308. The first-order valence-corrected chi connectivity index (χ1v) is 8.88. The van der Waals surface area contributed by atoms with Gasteiger partial charge < -0.3 is 14.6 Å². The van der Waals surface area contributed by atoms with E-state index in [-0.39, 0.29) is 24.3 Å². The second-order valence-corrected chi connectivity index (χ2v) is 8.34. The molecule has 0 spiro atoms. The van der Waals surface area contributed by atoms with Gasteiger partial charge >= 0.3 is 12.1 Å². The van der Waals surface area contributed by atoms with Crippen molar-refractivity contribution in [1.29, 1.82) is 0 Å². The number of hydrogen-bond donors (Lipinski definition) is 4. The third-order valence-electron chi connectivity index (χ3n) is 3.27. The number of ether oxygens (including phenoxy) is 2. The van der Waals surface area contributed by atoms with Gasteiger partial charge in [0.2, 0.25) is 0 Å². The molecular weight excluding hydrogens is 338 g/mol. The number of carbonyl (C=O) groups excluding carboxylic acids is 1. The Labute approximate surface area is 141 Å². The zero-order chi connectivity index (χ0) is 18.1. The number of carboxylic acid groups (broad SMARTS) is 1. The van der Waals surface area contributed by atoms with Crippen LogP contribution in [0.4, 0.5) is 4.79 Å². The Hall–Kier alpha value is -1.97. The van der Waals surface area contributed by atoms with Gasteiger partial charge in [0.05, 0.1) is 12.2 Å². The molecule has 9 heteroatoms. The van der Waals surface area contributed by atoms with Crippen LogP contribution in [0.3, 0.4) is 0 Å². The molecule has 1 aliphatic heterocycles. The lowest BCUT2D eigenvalue weighted by Gasteiger charge is -2.42. The van der Waals surface area contributed by atoms with Crippen molar-refractivity contribution in [3.8, 4) is 5.75 Å². The van der Waals surface area contributed by atoms with Crippen LogP contribution < -0.4 is 9.46 Å². The molecule has 24 heavy (non-hydrogen) atoms. The Balaban J connectivity index is 2.23. The van der Waals surface area contributed by atoms with Crippen molar-refractivity contribution < 1.29 is 33.3 Å². The predicted molar refractivity (Wildman–Crippen MR) is 88.5 cm³/mol. The van der Waals surface area contributed by atoms with E-state index in [1.165, 1.54) is 18.2 Å². The van der Waals surface area contributed by atoms with Crippen molar-refractivity contribution >= 4 is 22.8 Å². The van der Waals surface area contributed by atoms with E-state index in [9.17, 15) is 18.7 Å². The fourth-order valence-electron chi connectivity index (χ4n) is 2.32. The summed E-state index contributed by atoms with van der Waals surface area (Å²) in [6, 6.07) is 4.15. The highest BCUT2D eigenvalue weighted by molar-refractivity contribution is 8.23. The molecule has 0 radical (unpaired) electrons. The lowest BCUT2D eigenvalue weighted by molar-refractivity contribution is 0.0563. The highest BCUT2D eigenvalue weighted by Crippen LogP contribution is 2.55. The number of carbonyl (C=O) groups is 2. The van der Waals surface area contributed by atoms with Crippen molar-refractivity contribution in [3.63, 3.8) is 0 Å². The number of benzene rings is 1. The summed E-state index contributed by atoms with van der Waals surface area (Å²) in [7, 11) is -3.55. The molecule has 0 aromatic heterocycles. The molecule has 0 saturated heterocycles. The first-order valence-electron chi connectivity index (χ1n) is 7.27. The second-order valence-electron chi connectivity index (χ2n) is 6.38. The van der Waals surface area contributed by atoms with Crippen LogP contribution in [-0.4, -0.2) is 38.5 Å². The summed E-state index contributed by atoms with van der Waals surface area (Å²) in [5.74, 6) is -0.848. The molecule has 1 heterocycles. The van der Waals surface area contributed by atoms with Gasteiger partial charge in [-0.3, -0.25) is 9.11 Å². The van der Waals surface area contributed by atoms with Crippen LogP contribution in [-0.2, 0) is 4.74 Å².